The number of nitrogens with zero attached hydrogens (tertiary/aromatic N) is 3. The minimum atomic E-state index is -4.66. The lowest BCUT2D eigenvalue weighted by Crippen LogP contribution is -2.45. The van der Waals surface area contributed by atoms with E-state index in [9.17, 15) is 28.0 Å². The number of hydrogen-bond donors (Lipinski definition) is 3. The highest BCUT2D eigenvalue weighted by atomic mass is 19.4. The molecule has 0 aromatic carbocycles. The number of anilines is 1. The van der Waals surface area contributed by atoms with Gasteiger partial charge >= 0.3 is 6.18 Å². The molecule has 2 amide bonds. The molecule has 0 saturated carbocycles. The van der Waals surface area contributed by atoms with E-state index in [1.54, 1.807) is 0 Å². The second kappa shape index (κ2) is 9.74. The first-order valence-electron chi connectivity index (χ1n) is 7.26. The highest BCUT2D eigenvalue weighted by Gasteiger charge is 2.32. The van der Waals surface area contributed by atoms with Crippen LogP contribution in [0.1, 0.15) is 25.5 Å². The smallest absolute Gasteiger partial charge is 0.366 e. The van der Waals surface area contributed by atoms with Crippen LogP contribution in [-0.2, 0) is 20.5 Å². The average Bonchev–Trinajstić information content (AvgIpc) is 2.58. The van der Waals surface area contributed by atoms with E-state index in [1.165, 1.54) is 0 Å². The summed E-state index contributed by atoms with van der Waals surface area (Å²) in [7, 11) is 0. The summed E-state index contributed by atoms with van der Waals surface area (Å²) in [6, 6.07) is 0.678. The van der Waals surface area contributed by atoms with Gasteiger partial charge in [0.25, 0.3) is 5.91 Å². The van der Waals surface area contributed by atoms with E-state index < -0.39 is 36.4 Å². The molecule has 25 heavy (non-hydrogen) atoms. The number of hydroxylamine groups is 2. The predicted octanol–water partition coefficient (Wildman–Crippen LogP) is 0.971. The topological polar surface area (TPSA) is 117 Å². The molecule has 0 aliphatic carbocycles. The monoisotopic (exact) mass is 365 g/mol. The molecule has 0 aliphatic rings. The quantitative estimate of drug-likeness (QED) is 0.245. The van der Waals surface area contributed by atoms with Crippen LogP contribution in [0.25, 0.3) is 0 Å². The molecular weight excluding hydrogens is 347 g/mol. The first-order valence-corrected chi connectivity index (χ1v) is 7.26. The Bertz CT molecular complexity index is 573. The molecule has 1 atom stereocenters. The summed E-state index contributed by atoms with van der Waals surface area (Å²) in [5.74, 6) is -1.30. The van der Waals surface area contributed by atoms with Crippen LogP contribution in [0.15, 0.2) is 12.3 Å². The van der Waals surface area contributed by atoms with Crippen LogP contribution in [-0.4, -0.2) is 51.8 Å². The third-order valence-corrected chi connectivity index (χ3v) is 2.83. The summed E-state index contributed by atoms with van der Waals surface area (Å²) in [6.45, 7) is 1.64. The van der Waals surface area contributed by atoms with Crippen molar-refractivity contribution in [2.75, 3.05) is 18.6 Å². The summed E-state index contributed by atoms with van der Waals surface area (Å²) >= 11 is 0. The number of hydrazine groups is 1. The number of carbonyl (C=O) groups excluding carboxylic acids is 2. The van der Waals surface area contributed by atoms with E-state index >= 15 is 0 Å². The Morgan fingerprint density at radius 2 is 2.24 bits per heavy atom. The molecule has 1 aromatic heterocycles. The summed E-state index contributed by atoms with van der Waals surface area (Å²) in [6.07, 6.45) is -3.49. The first-order chi connectivity index (χ1) is 11.8. The lowest BCUT2D eigenvalue weighted by atomic mass is 10.3. The molecule has 1 aromatic rings. The van der Waals surface area contributed by atoms with E-state index in [1.807, 2.05) is 6.92 Å². The predicted molar refractivity (Wildman–Crippen MR) is 78.0 cm³/mol. The normalized spacial score (nSPS) is 12.4. The van der Waals surface area contributed by atoms with E-state index in [0.717, 1.165) is 12.6 Å². The number of carbonyl (C=O) groups is 2. The first kappa shape index (κ1) is 20.6. The minimum Gasteiger partial charge on any atom is -0.366 e. The number of nitrogens with one attached hydrogen (secondary N) is 2. The second-order valence-corrected chi connectivity index (χ2v) is 4.82. The Balaban J connectivity index is 2.68. The van der Waals surface area contributed by atoms with Crippen molar-refractivity contribution in [3.63, 3.8) is 0 Å². The maximum atomic E-state index is 12.6. The van der Waals surface area contributed by atoms with E-state index in [2.05, 4.69) is 20.8 Å². The average molecular weight is 365 g/mol. The van der Waals surface area contributed by atoms with Gasteiger partial charge in [-0.15, -0.1) is 0 Å². The third-order valence-electron chi connectivity index (χ3n) is 2.83. The fourth-order valence-electron chi connectivity index (χ4n) is 1.57. The Morgan fingerprint density at radius 3 is 2.84 bits per heavy atom. The van der Waals surface area contributed by atoms with Crippen LogP contribution in [0.5, 0.6) is 0 Å². The summed E-state index contributed by atoms with van der Waals surface area (Å²) in [4.78, 5) is 29.2. The molecule has 0 radical (unpaired) electrons. The van der Waals surface area contributed by atoms with Crippen LogP contribution in [0, 0.1) is 0 Å². The van der Waals surface area contributed by atoms with Crippen LogP contribution < -0.4 is 10.9 Å². The third kappa shape index (κ3) is 7.30. The van der Waals surface area contributed by atoms with Crippen LogP contribution >= 0.6 is 0 Å². The lowest BCUT2D eigenvalue weighted by molar-refractivity contribution is -0.161. The van der Waals surface area contributed by atoms with Gasteiger partial charge in [-0.05, 0) is 12.5 Å². The molecule has 12 heteroatoms. The number of hydrogen-bond acceptors (Lipinski definition) is 7. The Hall–Kier alpha value is -2.47. The van der Waals surface area contributed by atoms with Crippen molar-refractivity contribution in [3.05, 3.63) is 18.0 Å². The Morgan fingerprint density at radius 1 is 1.52 bits per heavy atom. The van der Waals surface area contributed by atoms with Gasteiger partial charge in [-0.25, -0.2) is 15.0 Å². The highest BCUT2D eigenvalue weighted by Crippen LogP contribution is 2.27. The summed E-state index contributed by atoms with van der Waals surface area (Å²) < 4.78 is 42.9. The second-order valence-electron chi connectivity index (χ2n) is 4.82. The van der Waals surface area contributed by atoms with Gasteiger partial charge in [0.05, 0.1) is 6.54 Å². The molecule has 0 fully saturated rings. The molecule has 1 rings (SSSR count). The zero-order valence-electron chi connectivity index (χ0n) is 13.3. The number of rotatable bonds is 10. The van der Waals surface area contributed by atoms with Gasteiger partial charge in [-0.1, -0.05) is 13.3 Å². The maximum absolute atomic E-state index is 12.6. The van der Waals surface area contributed by atoms with Crippen molar-refractivity contribution in [2.24, 2.45) is 0 Å². The molecule has 1 heterocycles. The number of alkyl halides is 3. The molecule has 0 spiro atoms. The summed E-state index contributed by atoms with van der Waals surface area (Å²) in [5.41, 5.74) is 3.02. The van der Waals surface area contributed by atoms with E-state index in [0.29, 0.717) is 12.5 Å². The van der Waals surface area contributed by atoms with Gasteiger partial charge in [0.1, 0.15) is 5.69 Å². The zero-order chi connectivity index (χ0) is 18.9. The van der Waals surface area contributed by atoms with Crippen molar-refractivity contribution in [3.8, 4) is 0 Å². The van der Waals surface area contributed by atoms with E-state index in [-0.39, 0.29) is 18.1 Å². The van der Waals surface area contributed by atoms with Crippen molar-refractivity contribution in [1.82, 2.24) is 20.5 Å². The van der Waals surface area contributed by atoms with Crippen molar-refractivity contribution < 1.29 is 32.7 Å². The van der Waals surface area contributed by atoms with Crippen molar-refractivity contribution in [2.45, 2.75) is 32.0 Å². The summed E-state index contributed by atoms with van der Waals surface area (Å²) in [5, 5.41) is 9.40. The minimum absolute atomic E-state index is 0.0901. The number of ether oxygens (including phenoxy) is 1. The van der Waals surface area contributed by atoms with Crippen molar-refractivity contribution in [1.29, 1.82) is 0 Å². The molecule has 0 bridgehead atoms. The van der Waals surface area contributed by atoms with Crippen LogP contribution in [0.3, 0.4) is 0 Å². The van der Waals surface area contributed by atoms with Gasteiger partial charge in [-0.3, -0.25) is 25.6 Å². The fraction of sp³-hybridized carbons (Fsp3) is 0.538. The molecule has 0 saturated heterocycles. The van der Waals surface area contributed by atoms with Gasteiger partial charge < -0.3 is 4.74 Å². The van der Waals surface area contributed by atoms with Crippen LogP contribution in [0.4, 0.5) is 19.1 Å². The molecule has 0 aliphatic heterocycles. The largest absolute Gasteiger partial charge is 0.433 e. The zero-order valence-corrected chi connectivity index (χ0v) is 13.3. The SMILES string of the molecule is CCCCO[C@H](CN(O)C=O)C(=O)NNc1nccc(C(F)(F)F)n1. The van der Waals surface area contributed by atoms with Crippen LogP contribution in [0.2, 0.25) is 0 Å². The molecule has 0 unspecified atom stereocenters. The standard InChI is InChI=1S/C13H18F3N5O4/c1-2-3-6-25-9(7-21(24)8-22)11(23)19-20-12-17-5-4-10(18-12)13(14,15)16/h4-5,8-9,24H,2-3,6-7H2,1H3,(H,19,23)(H,17,18,20)/t9-/m1/s1. The van der Waals surface area contributed by atoms with Gasteiger partial charge in [0.15, 0.2) is 6.10 Å². The fourth-order valence-corrected chi connectivity index (χ4v) is 1.57. The Labute approximate surface area is 141 Å². The molecule has 140 valence electrons. The number of amides is 2. The number of halogens is 3. The van der Waals surface area contributed by atoms with Gasteiger partial charge in [-0.2, -0.15) is 13.2 Å². The molecule has 9 nitrogen and oxygen atoms in total. The molecule has 3 N–H and O–H groups in total. The van der Waals surface area contributed by atoms with E-state index in [4.69, 9.17) is 4.74 Å². The van der Waals surface area contributed by atoms with Crippen molar-refractivity contribution >= 4 is 18.3 Å². The maximum Gasteiger partial charge on any atom is 0.433 e. The lowest BCUT2D eigenvalue weighted by Gasteiger charge is -2.20. The number of aromatic nitrogens is 2. The van der Waals surface area contributed by atoms with Gasteiger partial charge in [0, 0.05) is 12.8 Å². The number of unbranched alkanes of at least 4 members (excludes halogenated alkanes) is 1. The molecular formula is C13H18F3N5O4. The highest BCUT2D eigenvalue weighted by molar-refractivity contribution is 5.82. The Kier molecular flexibility index (Phi) is 8.01. The van der Waals surface area contributed by atoms with Gasteiger partial charge in [0.2, 0.25) is 12.4 Å².